The Hall–Kier alpha value is -2.23. The number of anilines is 1. The highest BCUT2D eigenvalue weighted by Gasteiger charge is 2.29. The van der Waals surface area contributed by atoms with Crippen molar-refractivity contribution in [1.82, 2.24) is 9.21 Å². The number of rotatable bonds is 5. The Morgan fingerprint density at radius 1 is 0.938 bits per heavy atom. The first-order valence-electron chi connectivity index (χ1n) is 11.2. The highest BCUT2D eigenvalue weighted by atomic mass is 32.2. The lowest BCUT2D eigenvalue weighted by molar-refractivity contribution is -0.121. The van der Waals surface area contributed by atoms with E-state index >= 15 is 0 Å². The van der Waals surface area contributed by atoms with Gasteiger partial charge in [0.15, 0.2) is 0 Å². The minimum absolute atomic E-state index is 0.0188. The minimum atomic E-state index is -3.57. The molecule has 0 unspecified atom stereocenters. The van der Waals surface area contributed by atoms with Crippen molar-refractivity contribution in [3.05, 3.63) is 46.7 Å². The van der Waals surface area contributed by atoms with E-state index in [9.17, 15) is 18.0 Å². The molecule has 4 rings (SSSR count). The topological polar surface area (TPSA) is 86.8 Å². The lowest BCUT2D eigenvalue weighted by Crippen LogP contribution is -2.41. The Morgan fingerprint density at radius 2 is 1.66 bits per heavy atom. The van der Waals surface area contributed by atoms with Gasteiger partial charge in [-0.2, -0.15) is 4.31 Å². The van der Waals surface area contributed by atoms with Crippen LogP contribution in [0.3, 0.4) is 0 Å². The molecule has 7 nitrogen and oxygen atoms in total. The van der Waals surface area contributed by atoms with Crippen LogP contribution in [0.5, 0.6) is 0 Å². The fraction of sp³-hybridized carbons (Fsp3) is 0.478. The number of benzene rings is 1. The molecule has 9 heteroatoms. The summed E-state index contributed by atoms with van der Waals surface area (Å²) >= 11 is 1.43. The normalized spacial score (nSPS) is 18.8. The molecular weight excluding hydrogens is 446 g/mol. The van der Waals surface area contributed by atoms with Gasteiger partial charge in [-0.1, -0.05) is 25.0 Å². The van der Waals surface area contributed by atoms with E-state index in [4.69, 9.17) is 0 Å². The quantitative estimate of drug-likeness (QED) is 0.713. The number of amides is 2. The molecule has 2 amide bonds. The van der Waals surface area contributed by atoms with Gasteiger partial charge in [0.25, 0.3) is 5.91 Å². The van der Waals surface area contributed by atoms with E-state index in [1.54, 1.807) is 33.5 Å². The van der Waals surface area contributed by atoms with Crippen molar-refractivity contribution in [3.8, 4) is 0 Å². The van der Waals surface area contributed by atoms with Crippen LogP contribution in [-0.4, -0.2) is 55.6 Å². The Morgan fingerprint density at radius 3 is 2.31 bits per heavy atom. The summed E-state index contributed by atoms with van der Waals surface area (Å²) in [5.74, 6) is -0.309. The number of likely N-dealkylation sites (tertiary alicyclic amines) is 1. The summed E-state index contributed by atoms with van der Waals surface area (Å²) in [4.78, 5) is 28.0. The molecule has 0 spiro atoms. The number of thiophene rings is 1. The van der Waals surface area contributed by atoms with Crippen LogP contribution >= 0.6 is 11.3 Å². The van der Waals surface area contributed by atoms with Crippen LogP contribution in [0.1, 0.15) is 48.2 Å². The smallest absolute Gasteiger partial charge is 0.263 e. The molecule has 1 N–H and O–H groups in total. The molecule has 2 aliphatic rings. The largest absolute Gasteiger partial charge is 0.338 e. The zero-order valence-corrected chi connectivity index (χ0v) is 19.7. The van der Waals surface area contributed by atoms with Gasteiger partial charge in [-0.05, 0) is 55.3 Å². The third kappa shape index (κ3) is 5.22. The Labute approximate surface area is 193 Å². The zero-order valence-electron chi connectivity index (χ0n) is 18.0. The second kappa shape index (κ2) is 10.1. The molecule has 1 aromatic carbocycles. The summed E-state index contributed by atoms with van der Waals surface area (Å²) in [6.07, 6.45) is 5.05. The molecule has 2 aromatic rings. The Bertz CT molecular complexity index is 1040. The highest BCUT2D eigenvalue weighted by Crippen LogP contribution is 2.25. The standard InChI is InChI=1S/C23H29N3O4S2/c27-22(18-10-14-25(15-11-18)23(28)21-9-6-16-31-21)24-19-7-5-8-20(17-19)32(29,30)26-12-3-1-2-4-13-26/h5-9,16-18H,1-4,10-15H2,(H,24,27). The minimum Gasteiger partial charge on any atom is -0.338 e. The average Bonchev–Trinajstić information content (AvgIpc) is 3.20. The predicted molar refractivity (Wildman–Crippen MR) is 125 cm³/mol. The first kappa shape index (κ1) is 22.9. The third-order valence-electron chi connectivity index (χ3n) is 6.19. The summed E-state index contributed by atoms with van der Waals surface area (Å²) in [5, 5.41) is 4.77. The second-order valence-corrected chi connectivity index (χ2v) is 11.3. The molecule has 0 atom stereocenters. The van der Waals surface area contributed by atoms with Crippen molar-refractivity contribution in [3.63, 3.8) is 0 Å². The maximum atomic E-state index is 13.1. The van der Waals surface area contributed by atoms with Gasteiger partial charge >= 0.3 is 0 Å². The Balaban J connectivity index is 1.36. The van der Waals surface area contributed by atoms with Crippen molar-refractivity contribution < 1.29 is 18.0 Å². The first-order chi connectivity index (χ1) is 15.4. The highest BCUT2D eigenvalue weighted by molar-refractivity contribution is 7.89. The van der Waals surface area contributed by atoms with Crippen molar-refractivity contribution >= 4 is 38.9 Å². The van der Waals surface area contributed by atoms with Gasteiger partial charge in [0, 0.05) is 37.8 Å². The van der Waals surface area contributed by atoms with E-state index in [1.165, 1.54) is 11.3 Å². The fourth-order valence-electron chi connectivity index (χ4n) is 4.31. The number of carbonyl (C=O) groups excluding carboxylic acids is 2. The number of piperidine rings is 1. The third-order valence-corrected chi connectivity index (χ3v) is 8.94. The average molecular weight is 476 g/mol. The molecule has 0 radical (unpaired) electrons. The summed E-state index contributed by atoms with van der Waals surface area (Å²) < 4.78 is 27.7. The van der Waals surface area contributed by atoms with E-state index in [2.05, 4.69) is 5.32 Å². The number of nitrogens with zero attached hydrogens (tertiary/aromatic N) is 2. The summed E-state index contributed by atoms with van der Waals surface area (Å²) in [6, 6.07) is 10.2. The van der Waals surface area contributed by atoms with Crippen LogP contribution in [0.15, 0.2) is 46.7 Å². The molecule has 32 heavy (non-hydrogen) atoms. The van der Waals surface area contributed by atoms with Crippen molar-refractivity contribution in [1.29, 1.82) is 0 Å². The Kier molecular flexibility index (Phi) is 7.27. The monoisotopic (exact) mass is 475 g/mol. The van der Waals surface area contributed by atoms with Gasteiger partial charge in [0.05, 0.1) is 9.77 Å². The second-order valence-electron chi connectivity index (χ2n) is 8.38. The van der Waals surface area contributed by atoms with Gasteiger partial charge in [-0.15, -0.1) is 11.3 Å². The van der Waals surface area contributed by atoms with Crippen LogP contribution in [0.25, 0.3) is 0 Å². The SMILES string of the molecule is O=C(Nc1cccc(S(=O)(=O)N2CCCCCC2)c1)C1CCN(C(=O)c2cccs2)CC1. The lowest BCUT2D eigenvalue weighted by Gasteiger charge is -2.31. The van der Waals surface area contributed by atoms with E-state index in [0.29, 0.717) is 44.7 Å². The van der Waals surface area contributed by atoms with Crippen LogP contribution in [0.2, 0.25) is 0 Å². The van der Waals surface area contributed by atoms with Crippen LogP contribution in [-0.2, 0) is 14.8 Å². The predicted octanol–water partition coefficient (Wildman–Crippen LogP) is 3.80. The molecule has 3 heterocycles. The lowest BCUT2D eigenvalue weighted by atomic mass is 9.95. The number of sulfonamides is 1. The van der Waals surface area contributed by atoms with E-state index < -0.39 is 10.0 Å². The van der Waals surface area contributed by atoms with Gasteiger partial charge < -0.3 is 10.2 Å². The van der Waals surface area contributed by atoms with Crippen molar-refractivity contribution in [2.45, 2.75) is 43.4 Å². The van der Waals surface area contributed by atoms with Gasteiger partial charge in [0.2, 0.25) is 15.9 Å². The zero-order chi connectivity index (χ0) is 22.6. The number of carbonyl (C=O) groups is 2. The summed E-state index contributed by atoms with van der Waals surface area (Å²) in [7, 11) is -3.57. The number of hydrogen-bond donors (Lipinski definition) is 1. The van der Waals surface area contributed by atoms with Crippen LogP contribution < -0.4 is 5.32 Å². The van der Waals surface area contributed by atoms with Crippen molar-refractivity contribution in [2.75, 3.05) is 31.5 Å². The van der Waals surface area contributed by atoms with Gasteiger partial charge in [-0.25, -0.2) is 8.42 Å². The molecule has 1 aromatic heterocycles. The van der Waals surface area contributed by atoms with E-state index in [-0.39, 0.29) is 22.6 Å². The van der Waals surface area contributed by atoms with Crippen LogP contribution in [0, 0.1) is 5.92 Å². The maximum absolute atomic E-state index is 13.1. The molecule has 2 aliphatic heterocycles. The molecule has 0 aliphatic carbocycles. The summed E-state index contributed by atoms with van der Waals surface area (Å²) in [6.45, 7) is 2.17. The summed E-state index contributed by atoms with van der Waals surface area (Å²) in [5.41, 5.74) is 0.489. The molecule has 2 saturated heterocycles. The van der Waals surface area contributed by atoms with E-state index in [0.717, 1.165) is 30.6 Å². The number of hydrogen-bond acceptors (Lipinski definition) is 5. The molecule has 2 fully saturated rings. The number of nitrogens with one attached hydrogen (secondary N) is 1. The van der Waals surface area contributed by atoms with E-state index in [1.807, 2.05) is 17.5 Å². The molecule has 0 bridgehead atoms. The maximum Gasteiger partial charge on any atom is 0.263 e. The molecule has 0 saturated carbocycles. The molecule has 172 valence electrons. The first-order valence-corrected chi connectivity index (χ1v) is 13.5. The fourth-order valence-corrected chi connectivity index (χ4v) is 6.56. The van der Waals surface area contributed by atoms with Crippen LogP contribution in [0.4, 0.5) is 5.69 Å². The van der Waals surface area contributed by atoms with Gasteiger partial charge in [-0.3, -0.25) is 9.59 Å². The van der Waals surface area contributed by atoms with Crippen molar-refractivity contribution in [2.24, 2.45) is 5.92 Å². The molecular formula is C23H29N3O4S2. The van der Waals surface area contributed by atoms with Gasteiger partial charge in [0.1, 0.15) is 0 Å².